The van der Waals surface area contributed by atoms with Crippen LogP contribution in [0.2, 0.25) is 0 Å². The van der Waals surface area contributed by atoms with Gasteiger partial charge in [0.15, 0.2) is 0 Å². The summed E-state index contributed by atoms with van der Waals surface area (Å²) in [5.74, 6) is 0.765. The van der Waals surface area contributed by atoms with Gasteiger partial charge < -0.3 is 14.7 Å². The molecule has 0 aliphatic heterocycles. The molecule has 0 unspecified atom stereocenters. The lowest BCUT2D eigenvalue weighted by atomic mass is 10.4. The van der Waals surface area contributed by atoms with Crippen LogP contribution in [-0.4, -0.2) is 21.6 Å². The number of aromatic nitrogens is 2. The molecule has 0 fully saturated rings. The first kappa shape index (κ1) is 13.4. The molecule has 0 bridgehead atoms. The zero-order chi connectivity index (χ0) is 13.7. The number of amides is 1. The molecule has 0 spiro atoms. The molecule has 0 aliphatic carbocycles. The summed E-state index contributed by atoms with van der Waals surface area (Å²) >= 11 is 1.22. The number of carbonyl (C=O) groups excluding carboxylic acids is 1. The van der Waals surface area contributed by atoms with Crippen LogP contribution in [0.25, 0.3) is 0 Å². The summed E-state index contributed by atoms with van der Waals surface area (Å²) < 4.78 is 5.10. The van der Waals surface area contributed by atoms with Crippen molar-refractivity contribution in [3.63, 3.8) is 0 Å². The lowest BCUT2D eigenvalue weighted by Gasteiger charge is -2.03. The number of nitrogens with one attached hydrogen (secondary N) is 2. The van der Waals surface area contributed by atoms with Crippen LogP contribution in [0, 0.1) is 6.92 Å². The fourth-order valence-electron chi connectivity index (χ4n) is 1.41. The van der Waals surface area contributed by atoms with Gasteiger partial charge in [0.2, 0.25) is 5.91 Å². The molecule has 0 atom stereocenters. The maximum absolute atomic E-state index is 11.6. The first-order chi connectivity index (χ1) is 9.13. The SMILES string of the molecule is Cc1cc(SCC(=O)NCc2ccco2)nc(=O)[nH]1. The van der Waals surface area contributed by atoms with Crippen molar-refractivity contribution < 1.29 is 9.21 Å². The number of hydrogen-bond acceptors (Lipinski definition) is 5. The molecule has 6 nitrogen and oxygen atoms in total. The number of thioether (sulfide) groups is 1. The van der Waals surface area contributed by atoms with Crippen molar-refractivity contribution in [2.24, 2.45) is 0 Å². The van der Waals surface area contributed by atoms with E-state index in [1.54, 1.807) is 31.4 Å². The van der Waals surface area contributed by atoms with Gasteiger partial charge in [-0.25, -0.2) is 4.79 Å². The second-order valence-electron chi connectivity index (χ2n) is 3.85. The number of carbonyl (C=O) groups is 1. The van der Waals surface area contributed by atoms with Crippen molar-refractivity contribution in [1.82, 2.24) is 15.3 Å². The van der Waals surface area contributed by atoms with E-state index in [0.29, 0.717) is 17.3 Å². The first-order valence-electron chi connectivity index (χ1n) is 5.63. The molecule has 2 aromatic heterocycles. The van der Waals surface area contributed by atoms with Gasteiger partial charge in [0.05, 0.1) is 18.6 Å². The van der Waals surface area contributed by atoms with E-state index in [1.165, 1.54) is 11.8 Å². The van der Waals surface area contributed by atoms with Crippen molar-refractivity contribution in [2.45, 2.75) is 18.5 Å². The average molecular weight is 279 g/mol. The van der Waals surface area contributed by atoms with Gasteiger partial charge in [-0.15, -0.1) is 0 Å². The van der Waals surface area contributed by atoms with Crippen LogP contribution in [-0.2, 0) is 11.3 Å². The molecule has 0 saturated heterocycles. The minimum atomic E-state index is -0.404. The molecule has 1 amide bonds. The third kappa shape index (κ3) is 4.29. The van der Waals surface area contributed by atoms with E-state index >= 15 is 0 Å². The van der Waals surface area contributed by atoms with E-state index in [4.69, 9.17) is 4.42 Å². The van der Waals surface area contributed by atoms with E-state index in [-0.39, 0.29) is 11.7 Å². The smallest absolute Gasteiger partial charge is 0.346 e. The van der Waals surface area contributed by atoms with Gasteiger partial charge in [0.25, 0.3) is 0 Å². The van der Waals surface area contributed by atoms with E-state index in [1.807, 2.05) is 0 Å². The standard InChI is InChI=1S/C12H13N3O3S/c1-8-5-11(15-12(17)14-8)19-7-10(16)13-6-9-3-2-4-18-9/h2-5H,6-7H2,1H3,(H,13,16)(H,14,15,17). The molecule has 2 rings (SSSR count). The van der Waals surface area contributed by atoms with Crippen molar-refractivity contribution >= 4 is 17.7 Å². The molecule has 2 N–H and O–H groups in total. The number of nitrogens with zero attached hydrogens (tertiary/aromatic N) is 1. The predicted octanol–water partition coefficient (Wildman–Crippen LogP) is 1.08. The van der Waals surface area contributed by atoms with Crippen LogP contribution < -0.4 is 11.0 Å². The Labute approximate surface area is 113 Å². The fourth-order valence-corrected chi connectivity index (χ4v) is 2.20. The Morgan fingerprint density at radius 1 is 1.58 bits per heavy atom. The molecule has 0 saturated carbocycles. The number of H-pyrrole nitrogens is 1. The van der Waals surface area contributed by atoms with E-state index in [9.17, 15) is 9.59 Å². The largest absolute Gasteiger partial charge is 0.467 e. The Kier molecular flexibility index (Phi) is 4.40. The Morgan fingerprint density at radius 2 is 2.42 bits per heavy atom. The van der Waals surface area contributed by atoms with Gasteiger partial charge in [0.1, 0.15) is 10.8 Å². The Morgan fingerprint density at radius 3 is 3.11 bits per heavy atom. The molecule has 100 valence electrons. The monoisotopic (exact) mass is 279 g/mol. The van der Waals surface area contributed by atoms with Gasteiger partial charge in [-0.2, -0.15) is 4.98 Å². The molecular formula is C12H13N3O3S. The van der Waals surface area contributed by atoms with E-state index < -0.39 is 5.69 Å². The summed E-state index contributed by atoms with van der Waals surface area (Å²) in [5, 5.41) is 3.25. The van der Waals surface area contributed by atoms with Crippen LogP contribution >= 0.6 is 11.8 Å². The molecule has 2 heterocycles. The first-order valence-corrected chi connectivity index (χ1v) is 6.62. The summed E-state index contributed by atoms with van der Waals surface area (Å²) in [6.07, 6.45) is 1.55. The number of aromatic amines is 1. The Balaban J connectivity index is 1.81. The van der Waals surface area contributed by atoms with Crippen LogP contribution in [0.1, 0.15) is 11.5 Å². The molecule has 0 aromatic carbocycles. The third-order valence-corrected chi connectivity index (χ3v) is 3.16. The second-order valence-corrected chi connectivity index (χ2v) is 4.85. The summed E-state index contributed by atoms with van der Waals surface area (Å²) in [4.78, 5) is 29.1. The third-order valence-electron chi connectivity index (χ3n) is 2.25. The van der Waals surface area contributed by atoms with Crippen molar-refractivity contribution in [3.05, 3.63) is 46.4 Å². The summed E-state index contributed by atoms with van der Waals surface area (Å²) in [7, 11) is 0. The zero-order valence-corrected chi connectivity index (χ0v) is 11.1. The summed E-state index contributed by atoms with van der Waals surface area (Å²) in [6, 6.07) is 5.28. The molecule has 0 radical (unpaired) electrons. The van der Waals surface area contributed by atoms with Crippen LogP contribution in [0.3, 0.4) is 0 Å². The Hall–Kier alpha value is -2.02. The van der Waals surface area contributed by atoms with Gasteiger partial charge >= 0.3 is 5.69 Å². The maximum Gasteiger partial charge on any atom is 0.346 e. The molecule has 19 heavy (non-hydrogen) atoms. The summed E-state index contributed by atoms with van der Waals surface area (Å²) in [5.41, 5.74) is 0.317. The van der Waals surface area contributed by atoms with Crippen molar-refractivity contribution in [1.29, 1.82) is 0 Å². The lowest BCUT2D eigenvalue weighted by molar-refractivity contribution is -0.118. The zero-order valence-electron chi connectivity index (χ0n) is 10.3. The van der Waals surface area contributed by atoms with Crippen LogP contribution in [0.15, 0.2) is 38.7 Å². The van der Waals surface area contributed by atoms with E-state index in [2.05, 4.69) is 15.3 Å². The van der Waals surface area contributed by atoms with Gasteiger partial charge in [-0.1, -0.05) is 11.8 Å². The van der Waals surface area contributed by atoms with Gasteiger partial charge in [-0.3, -0.25) is 4.79 Å². The molecular weight excluding hydrogens is 266 g/mol. The highest BCUT2D eigenvalue weighted by Crippen LogP contribution is 2.13. The maximum atomic E-state index is 11.6. The number of furan rings is 1. The van der Waals surface area contributed by atoms with E-state index in [0.717, 1.165) is 5.69 Å². The number of hydrogen-bond donors (Lipinski definition) is 2. The normalized spacial score (nSPS) is 10.4. The molecule has 7 heteroatoms. The highest BCUT2D eigenvalue weighted by Gasteiger charge is 2.05. The van der Waals surface area contributed by atoms with Crippen molar-refractivity contribution in [2.75, 3.05) is 5.75 Å². The van der Waals surface area contributed by atoms with Gasteiger partial charge in [-0.05, 0) is 25.1 Å². The molecule has 0 aliphatic rings. The minimum absolute atomic E-state index is 0.138. The molecule has 2 aromatic rings. The summed E-state index contributed by atoms with van der Waals surface area (Å²) in [6.45, 7) is 2.12. The Bertz CT molecular complexity index is 607. The van der Waals surface area contributed by atoms with Gasteiger partial charge in [0, 0.05) is 5.69 Å². The quantitative estimate of drug-likeness (QED) is 0.631. The minimum Gasteiger partial charge on any atom is -0.467 e. The fraction of sp³-hybridized carbons (Fsp3) is 0.250. The predicted molar refractivity (Wildman–Crippen MR) is 70.9 cm³/mol. The second kappa shape index (κ2) is 6.24. The van der Waals surface area contributed by atoms with Crippen molar-refractivity contribution in [3.8, 4) is 0 Å². The lowest BCUT2D eigenvalue weighted by Crippen LogP contribution is -2.24. The highest BCUT2D eigenvalue weighted by molar-refractivity contribution is 7.99. The average Bonchev–Trinajstić information content (AvgIpc) is 2.86. The van der Waals surface area contributed by atoms with Crippen LogP contribution in [0.5, 0.6) is 0 Å². The van der Waals surface area contributed by atoms with Crippen LogP contribution in [0.4, 0.5) is 0 Å². The highest BCUT2D eigenvalue weighted by atomic mass is 32.2. The number of rotatable bonds is 5. The number of aryl methyl sites for hydroxylation is 1. The topological polar surface area (TPSA) is 88.0 Å².